The van der Waals surface area contributed by atoms with Crippen LogP contribution in [0.5, 0.6) is 0 Å². The Morgan fingerprint density at radius 2 is 1.23 bits per heavy atom. The zero-order valence-electron chi connectivity index (χ0n) is 20.6. The number of nitrogens with zero attached hydrogens (tertiary/aromatic N) is 1. The lowest BCUT2D eigenvalue weighted by Gasteiger charge is -2.24. The van der Waals surface area contributed by atoms with Crippen molar-refractivity contribution in [3.05, 3.63) is 0 Å². The molecule has 0 bridgehead atoms. The molecule has 0 saturated heterocycles. The summed E-state index contributed by atoms with van der Waals surface area (Å²) in [6.07, 6.45) is 13.7. The molecule has 0 unspecified atom stereocenters. The lowest BCUT2D eigenvalue weighted by atomic mass is 10.1. The van der Waals surface area contributed by atoms with E-state index in [9.17, 15) is 9.59 Å². The molecule has 0 fully saturated rings. The molecule has 30 heavy (non-hydrogen) atoms. The van der Waals surface area contributed by atoms with Crippen LogP contribution in [0.15, 0.2) is 0 Å². The average Bonchev–Trinajstić information content (AvgIpc) is 2.66. The number of esters is 2. The summed E-state index contributed by atoms with van der Waals surface area (Å²) in [5.41, 5.74) is -0.443. The third-order valence-corrected chi connectivity index (χ3v) is 5.00. The molecule has 5 nitrogen and oxygen atoms in total. The Hall–Kier alpha value is -1.10. The van der Waals surface area contributed by atoms with Crippen LogP contribution in [0.25, 0.3) is 0 Å². The van der Waals surface area contributed by atoms with Crippen molar-refractivity contribution in [2.75, 3.05) is 26.2 Å². The van der Waals surface area contributed by atoms with Crippen molar-refractivity contribution in [2.45, 2.75) is 124 Å². The second-order valence-corrected chi connectivity index (χ2v) is 9.33. The van der Waals surface area contributed by atoms with Crippen molar-refractivity contribution in [3.63, 3.8) is 0 Å². The van der Waals surface area contributed by atoms with E-state index in [1.807, 2.05) is 20.8 Å². The van der Waals surface area contributed by atoms with Gasteiger partial charge in [0.2, 0.25) is 0 Å². The molecule has 0 saturated carbocycles. The summed E-state index contributed by atoms with van der Waals surface area (Å²) in [5.74, 6) is -0.253. The Labute approximate surface area is 186 Å². The molecule has 0 aromatic carbocycles. The second kappa shape index (κ2) is 18.7. The van der Waals surface area contributed by atoms with Crippen molar-refractivity contribution >= 4 is 11.9 Å². The highest BCUT2D eigenvalue weighted by molar-refractivity contribution is 5.70. The molecule has 0 spiro atoms. The Kier molecular flexibility index (Phi) is 18.0. The highest BCUT2D eigenvalue weighted by Crippen LogP contribution is 2.11. The highest BCUT2D eigenvalue weighted by atomic mass is 16.6. The summed E-state index contributed by atoms with van der Waals surface area (Å²) in [6, 6.07) is 0. The summed E-state index contributed by atoms with van der Waals surface area (Å²) in [4.78, 5) is 26.3. The van der Waals surface area contributed by atoms with E-state index in [-0.39, 0.29) is 11.9 Å². The third kappa shape index (κ3) is 20.2. The Bertz CT molecular complexity index is 431. The lowest BCUT2D eigenvalue weighted by molar-refractivity contribution is -0.155. The zero-order chi connectivity index (χ0) is 22.7. The van der Waals surface area contributed by atoms with Gasteiger partial charge in [-0.1, -0.05) is 65.2 Å². The normalized spacial score (nSPS) is 11.7. The van der Waals surface area contributed by atoms with Crippen molar-refractivity contribution in [1.29, 1.82) is 0 Å². The topological polar surface area (TPSA) is 55.8 Å². The smallest absolute Gasteiger partial charge is 0.307 e. The predicted molar refractivity (Wildman–Crippen MR) is 125 cm³/mol. The number of ether oxygens (including phenoxy) is 2. The number of hydrogen-bond donors (Lipinski definition) is 0. The fourth-order valence-corrected chi connectivity index (χ4v) is 3.33. The minimum absolute atomic E-state index is 0.103. The first-order valence-corrected chi connectivity index (χ1v) is 12.4. The quantitative estimate of drug-likeness (QED) is 0.179. The molecule has 0 aliphatic carbocycles. The van der Waals surface area contributed by atoms with E-state index in [2.05, 4.69) is 18.7 Å². The van der Waals surface area contributed by atoms with Crippen LogP contribution in [-0.2, 0) is 19.1 Å². The van der Waals surface area contributed by atoms with Gasteiger partial charge in [0, 0.05) is 13.0 Å². The van der Waals surface area contributed by atoms with Gasteiger partial charge in [0.05, 0.1) is 13.0 Å². The monoisotopic (exact) mass is 427 g/mol. The van der Waals surface area contributed by atoms with Crippen LogP contribution in [0, 0.1) is 0 Å². The molecule has 0 amide bonds. The van der Waals surface area contributed by atoms with E-state index in [1.54, 1.807) is 0 Å². The highest BCUT2D eigenvalue weighted by Gasteiger charge is 2.17. The molecule has 0 heterocycles. The molecule has 0 aromatic rings. The minimum atomic E-state index is -0.443. The van der Waals surface area contributed by atoms with Crippen LogP contribution < -0.4 is 0 Å². The summed E-state index contributed by atoms with van der Waals surface area (Å²) >= 11 is 0. The zero-order valence-corrected chi connectivity index (χ0v) is 20.6. The number of hydrogen-bond acceptors (Lipinski definition) is 5. The lowest BCUT2D eigenvalue weighted by Crippen LogP contribution is -2.31. The number of carbonyl (C=O) groups excluding carboxylic acids is 2. The first kappa shape index (κ1) is 28.9. The average molecular weight is 428 g/mol. The molecule has 5 heteroatoms. The number of carbonyl (C=O) groups is 2. The maximum absolute atomic E-state index is 12.1. The van der Waals surface area contributed by atoms with Gasteiger partial charge in [-0.2, -0.15) is 0 Å². The van der Waals surface area contributed by atoms with Gasteiger partial charge >= 0.3 is 11.9 Å². The van der Waals surface area contributed by atoms with Gasteiger partial charge in [-0.15, -0.1) is 0 Å². The largest absolute Gasteiger partial charge is 0.466 e. The van der Waals surface area contributed by atoms with Crippen LogP contribution in [-0.4, -0.2) is 48.7 Å². The molecular weight excluding hydrogens is 378 g/mol. The molecule has 0 aromatic heterocycles. The van der Waals surface area contributed by atoms with Crippen LogP contribution >= 0.6 is 0 Å². The molecule has 0 rings (SSSR count). The summed E-state index contributed by atoms with van der Waals surface area (Å²) in [5, 5.41) is 0. The van der Waals surface area contributed by atoms with Crippen LogP contribution in [0.4, 0.5) is 0 Å². The predicted octanol–water partition coefficient (Wildman–Crippen LogP) is 6.28. The van der Waals surface area contributed by atoms with Gasteiger partial charge in [-0.05, 0) is 53.1 Å². The SMILES string of the molecule is CCCCCCCCCN(CCCC(=O)OCCCCC)CCC(=O)OC(C)(C)C. The molecule has 0 aliphatic rings. The Morgan fingerprint density at radius 1 is 0.667 bits per heavy atom. The summed E-state index contributed by atoms with van der Waals surface area (Å²) in [6.45, 7) is 13.1. The Balaban J connectivity index is 4.22. The van der Waals surface area contributed by atoms with Gasteiger partial charge in [-0.25, -0.2) is 0 Å². The third-order valence-electron chi connectivity index (χ3n) is 5.00. The van der Waals surface area contributed by atoms with E-state index in [0.717, 1.165) is 45.2 Å². The maximum Gasteiger partial charge on any atom is 0.307 e. The van der Waals surface area contributed by atoms with E-state index in [0.29, 0.717) is 26.0 Å². The van der Waals surface area contributed by atoms with Gasteiger partial charge in [0.25, 0.3) is 0 Å². The van der Waals surface area contributed by atoms with E-state index >= 15 is 0 Å². The second-order valence-electron chi connectivity index (χ2n) is 9.33. The molecule has 0 aliphatic heterocycles. The number of rotatable bonds is 19. The summed E-state index contributed by atoms with van der Waals surface area (Å²) < 4.78 is 10.7. The maximum atomic E-state index is 12.1. The molecule has 0 atom stereocenters. The van der Waals surface area contributed by atoms with Crippen LogP contribution in [0.3, 0.4) is 0 Å². The molecule has 0 N–H and O–H groups in total. The van der Waals surface area contributed by atoms with Crippen molar-refractivity contribution < 1.29 is 19.1 Å². The van der Waals surface area contributed by atoms with E-state index in [1.165, 1.54) is 38.5 Å². The fourth-order valence-electron chi connectivity index (χ4n) is 3.33. The first-order chi connectivity index (χ1) is 14.3. The van der Waals surface area contributed by atoms with Gasteiger partial charge < -0.3 is 14.4 Å². The van der Waals surface area contributed by atoms with Crippen LogP contribution in [0.2, 0.25) is 0 Å². The van der Waals surface area contributed by atoms with Gasteiger partial charge in [0.15, 0.2) is 0 Å². The molecule has 178 valence electrons. The molecule has 0 radical (unpaired) electrons. The summed E-state index contributed by atoms with van der Waals surface area (Å²) in [7, 11) is 0. The minimum Gasteiger partial charge on any atom is -0.466 e. The van der Waals surface area contributed by atoms with E-state index < -0.39 is 5.60 Å². The van der Waals surface area contributed by atoms with Gasteiger partial charge in [0.1, 0.15) is 5.60 Å². The van der Waals surface area contributed by atoms with E-state index in [4.69, 9.17) is 9.47 Å². The number of unbranched alkanes of at least 4 members (excludes halogenated alkanes) is 8. The van der Waals surface area contributed by atoms with Crippen molar-refractivity contribution in [3.8, 4) is 0 Å². The standard InChI is InChI=1S/C25H49NO4/c1-6-8-10-11-12-13-14-19-26(21-18-24(28)30-25(3,4)5)20-16-17-23(27)29-22-15-9-7-2/h6-22H2,1-5H3. The van der Waals surface area contributed by atoms with Crippen molar-refractivity contribution in [1.82, 2.24) is 4.90 Å². The van der Waals surface area contributed by atoms with Crippen molar-refractivity contribution in [2.24, 2.45) is 0 Å². The van der Waals surface area contributed by atoms with Crippen LogP contribution in [0.1, 0.15) is 118 Å². The molecular formula is C25H49NO4. The first-order valence-electron chi connectivity index (χ1n) is 12.4. The fraction of sp³-hybridized carbons (Fsp3) is 0.920. The van der Waals surface area contributed by atoms with Gasteiger partial charge in [-0.3, -0.25) is 9.59 Å². The Morgan fingerprint density at radius 3 is 1.87 bits per heavy atom.